The van der Waals surface area contributed by atoms with Gasteiger partial charge in [0.15, 0.2) is 0 Å². The van der Waals surface area contributed by atoms with E-state index in [1.807, 2.05) is 0 Å². The van der Waals surface area contributed by atoms with Gasteiger partial charge < -0.3 is 39.4 Å². The Morgan fingerprint density at radius 1 is 1.04 bits per heavy atom. The summed E-state index contributed by atoms with van der Waals surface area (Å²) in [6, 6.07) is 0. The number of carbonyl (C=O) groups is 1. The van der Waals surface area contributed by atoms with Crippen LogP contribution >= 0.6 is 34.8 Å². The molecule has 0 spiro atoms. The first-order valence-corrected chi connectivity index (χ1v) is 10.2. The number of hydrogen-bond donors (Lipinski definition) is 4. The Morgan fingerprint density at radius 3 is 2.25 bits per heavy atom. The van der Waals surface area contributed by atoms with Gasteiger partial charge in [-0.1, -0.05) is 0 Å². The van der Waals surface area contributed by atoms with Crippen molar-refractivity contribution < 1.29 is 44.2 Å². The molecule has 2 saturated heterocycles. The molecule has 164 valence electrons. The fourth-order valence-corrected chi connectivity index (χ4v) is 4.00. The fourth-order valence-electron chi connectivity index (χ4n) is 3.17. The molecule has 0 radical (unpaired) electrons. The summed E-state index contributed by atoms with van der Waals surface area (Å²) in [6.07, 6.45) is -7.85. The lowest BCUT2D eigenvalue weighted by Gasteiger charge is -2.40. The van der Waals surface area contributed by atoms with E-state index in [9.17, 15) is 25.2 Å². The van der Waals surface area contributed by atoms with Crippen molar-refractivity contribution in [3.05, 3.63) is 0 Å². The third-order valence-electron chi connectivity index (χ3n) is 4.85. The summed E-state index contributed by atoms with van der Waals surface area (Å²) in [5.74, 6) is -0.749. The standard InChI is InChI=1S/C16H25Cl3O9/c1-7(20)26-4-9-11(19)14(23)12(21)10(27-9)3-25-6-16(5-18)15(24)13(22)8(2-17)28-16/h8-15,21-24H,2-6H2,1H3/t8-,9?,10-,11-,12?,13?,14-,15+,16-/m0/s1. The Kier molecular flexibility index (Phi) is 9.03. The van der Waals surface area contributed by atoms with E-state index >= 15 is 0 Å². The molecule has 28 heavy (non-hydrogen) atoms. The lowest BCUT2D eigenvalue weighted by molar-refractivity contribution is -0.202. The van der Waals surface area contributed by atoms with Crippen LogP contribution in [0, 0.1) is 0 Å². The molecule has 2 heterocycles. The molecule has 12 heteroatoms. The van der Waals surface area contributed by atoms with Crippen LogP contribution in [0.2, 0.25) is 0 Å². The van der Waals surface area contributed by atoms with Crippen LogP contribution in [0.4, 0.5) is 0 Å². The van der Waals surface area contributed by atoms with Gasteiger partial charge >= 0.3 is 5.97 Å². The molecule has 9 atom stereocenters. The smallest absolute Gasteiger partial charge is 0.302 e. The monoisotopic (exact) mass is 466 g/mol. The van der Waals surface area contributed by atoms with Crippen molar-refractivity contribution in [1.29, 1.82) is 0 Å². The molecule has 0 saturated carbocycles. The number of aliphatic hydroxyl groups excluding tert-OH is 4. The van der Waals surface area contributed by atoms with Crippen molar-refractivity contribution in [3.63, 3.8) is 0 Å². The van der Waals surface area contributed by atoms with Crippen molar-refractivity contribution in [1.82, 2.24) is 0 Å². The van der Waals surface area contributed by atoms with Gasteiger partial charge in [-0.05, 0) is 0 Å². The van der Waals surface area contributed by atoms with Crippen molar-refractivity contribution in [2.45, 2.75) is 60.6 Å². The third-order valence-corrected chi connectivity index (χ3v) is 6.14. The van der Waals surface area contributed by atoms with Crippen molar-refractivity contribution in [3.8, 4) is 0 Å². The molecule has 0 aromatic heterocycles. The van der Waals surface area contributed by atoms with Gasteiger partial charge in [-0.15, -0.1) is 34.8 Å². The molecule has 0 bridgehead atoms. The lowest BCUT2D eigenvalue weighted by atomic mass is 9.96. The van der Waals surface area contributed by atoms with Gasteiger partial charge in [-0.3, -0.25) is 4.79 Å². The molecule has 9 nitrogen and oxygen atoms in total. The molecular formula is C16H25Cl3O9. The quantitative estimate of drug-likeness (QED) is 0.262. The minimum atomic E-state index is -1.38. The highest BCUT2D eigenvalue weighted by Crippen LogP contribution is 2.34. The molecule has 2 aliphatic heterocycles. The molecule has 2 rings (SSSR count). The Labute approximate surface area is 177 Å². The second-order valence-corrected chi connectivity index (χ2v) is 7.98. The zero-order chi connectivity index (χ0) is 21.1. The molecule has 0 aromatic rings. The van der Waals surface area contributed by atoms with Crippen LogP contribution in [0.15, 0.2) is 0 Å². The number of rotatable bonds is 8. The average Bonchev–Trinajstić information content (AvgIpc) is 2.92. The van der Waals surface area contributed by atoms with E-state index in [-0.39, 0.29) is 31.6 Å². The molecule has 2 aliphatic rings. The Morgan fingerprint density at radius 2 is 1.71 bits per heavy atom. The first-order valence-electron chi connectivity index (χ1n) is 8.69. The van der Waals surface area contributed by atoms with Crippen LogP contribution < -0.4 is 0 Å². The normalized spacial score (nSPS) is 43.9. The number of hydrogen-bond acceptors (Lipinski definition) is 9. The van der Waals surface area contributed by atoms with E-state index in [1.54, 1.807) is 0 Å². The Balaban J connectivity index is 1.95. The second kappa shape index (κ2) is 10.4. The van der Waals surface area contributed by atoms with Crippen LogP contribution in [-0.2, 0) is 23.7 Å². The molecule has 0 aliphatic carbocycles. The van der Waals surface area contributed by atoms with E-state index < -0.39 is 59.7 Å². The molecule has 3 unspecified atom stereocenters. The van der Waals surface area contributed by atoms with E-state index in [2.05, 4.69) is 0 Å². The summed E-state index contributed by atoms with van der Waals surface area (Å²) in [7, 11) is 0. The maximum Gasteiger partial charge on any atom is 0.302 e. The van der Waals surface area contributed by atoms with Gasteiger partial charge in [0.1, 0.15) is 54.9 Å². The number of alkyl halides is 3. The predicted molar refractivity (Wildman–Crippen MR) is 98.8 cm³/mol. The van der Waals surface area contributed by atoms with Crippen molar-refractivity contribution in [2.24, 2.45) is 0 Å². The van der Waals surface area contributed by atoms with Gasteiger partial charge in [0.2, 0.25) is 0 Å². The van der Waals surface area contributed by atoms with Crippen LogP contribution in [-0.4, -0.2) is 112 Å². The highest BCUT2D eigenvalue weighted by atomic mass is 35.5. The van der Waals surface area contributed by atoms with Gasteiger partial charge in [-0.2, -0.15) is 0 Å². The predicted octanol–water partition coefficient (Wildman–Crippen LogP) is -1.00. The summed E-state index contributed by atoms with van der Waals surface area (Å²) in [5.41, 5.74) is -1.38. The molecule has 0 amide bonds. The van der Waals surface area contributed by atoms with E-state index in [0.29, 0.717) is 0 Å². The largest absolute Gasteiger partial charge is 0.463 e. The minimum absolute atomic E-state index is 0.0392. The summed E-state index contributed by atoms with van der Waals surface area (Å²) < 4.78 is 21.6. The van der Waals surface area contributed by atoms with E-state index in [1.165, 1.54) is 6.92 Å². The maximum atomic E-state index is 11.0. The number of halogens is 3. The minimum Gasteiger partial charge on any atom is -0.463 e. The Bertz CT molecular complexity index is 528. The summed E-state index contributed by atoms with van der Waals surface area (Å²) >= 11 is 17.7. The first-order chi connectivity index (χ1) is 13.2. The van der Waals surface area contributed by atoms with Crippen LogP contribution in [0.3, 0.4) is 0 Å². The zero-order valence-corrected chi connectivity index (χ0v) is 17.4. The Hall–Kier alpha value is 0.0600. The van der Waals surface area contributed by atoms with E-state index in [0.717, 1.165) is 0 Å². The van der Waals surface area contributed by atoms with Crippen LogP contribution in [0.25, 0.3) is 0 Å². The third kappa shape index (κ3) is 5.21. The molecular weight excluding hydrogens is 443 g/mol. The summed E-state index contributed by atoms with van der Waals surface area (Å²) in [6.45, 7) is 0.609. The molecule has 4 N–H and O–H groups in total. The van der Waals surface area contributed by atoms with Gasteiger partial charge in [0, 0.05) is 6.92 Å². The zero-order valence-electron chi connectivity index (χ0n) is 15.1. The first kappa shape index (κ1) is 24.3. The average molecular weight is 468 g/mol. The summed E-state index contributed by atoms with van der Waals surface area (Å²) in [4.78, 5) is 11.0. The lowest BCUT2D eigenvalue weighted by Crippen LogP contribution is -2.58. The topological polar surface area (TPSA) is 135 Å². The van der Waals surface area contributed by atoms with Crippen molar-refractivity contribution in [2.75, 3.05) is 31.6 Å². The number of esters is 1. The molecule has 0 aromatic carbocycles. The van der Waals surface area contributed by atoms with Gasteiger partial charge in [0.25, 0.3) is 0 Å². The highest BCUT2D eigenvalue weighted by molar-refractivity contribution is 6.21. The highest BCUT2D eigenvalue weighted by Gasteiger charge is 2.54. The van der Waals surface area contributed by atoms with Gasteiger partial charge in [0.05, 0.1) is 30.4 Å². The second-order valence-electron chi connectivity index (χ2n) is 6.90. The number of aliphatic hydroxyl groups is 4. The number of ether oxygens (including phenoxy) is 4. The summed E-state index contributed by atoms with van der Waals surface area (Å²) in [5, 5.41) is 39.5. The van der Waals surface area contributed by atoms with Crippen molar-refractivity contribution >= 4 is 40.8 Å². The van der Waals surface area contributed by atoms with Gasteiger partial charge in [-0.25, -0.2) is 0 Å². The fraction of sp³-hybridized carbons (Fsp3) is 0.938. The maximum absolute atomic E-state index is 11.0. The molecule has 2 fully saturated rings. The number of carbonyl (C=O) groups excluding carboxylic acids is 1. The van der Waals surface area contributed by atoms with Crippen LogP contribution in [0.5, 0.6) is 0 Å². The van der Waals surface area contributed by atoms with Crippen LogP contribution in [0.1, 0.15) is 6.92 Å². The SMILES string of the molecule is CC(=O)OCC1O[C@@H](COC[C@]2(CCl)O[C@@H](CCl)C(O)[C@H]2O)C(O)[C@@H](O)[C@H]1Cl. The van der Waals surface area contributed by atoms with E-state index in [4.69, 9.17) is 53.8 Å².